The van der Waals surface area contributed by atoms with Gasteiger partial charge in [-0.05, 0) is 123 Å². The summed E-state index contributed by atoms with van der Waals surface area (Å²) in [4.78, 5) is 30.5. The molecule has 2 aromatic carbocycles. The molecule has 0 bridgehead atoms. The van der Waals surface area contributed by atoms with Crippen LogP contribution in [0.1, 0.15) is 88.3 Å². The molecule has 0 radical (unpaired) electrons. The summed E-state index contributed by atoms with van der Waals surface area (Å²) in [6.07, 6.45) is 18.2. The van der Waals surface area contributed by atoms with Crippen molar-refractivity contribution in [2.75, 3.05) is 37.8 Å². The Morgan fingerprint density at radius 1 is 0.736 bits per heavy atom. The summed E-state index contributed by atoms with van der Waals surface area (Å²) in [6, 6.07) is 19.7. The van der Waals surface area contributed by atoms with Crippen LogP contribution in [-0.4, -0.2) is 64.3 Å². The van der Waals surface area contributed by atoms with Gasteiger partial charge in [-0.25, -0.2) is 0 Å². The molecule has 2 atom stereocenters. The summed E-state index contributed by atoms with van der Waals surface area (Å²) in [7, 11) is 0. The van der Waals surface area contributed by atoms with Crippen LogP contribution in [0.25, 0.3) is 32.1 Å². The Balaban J connectivity index is 0.000000141. The molecule has 4 aromatic heterocycles. The Morgan fingerprint density at radius 3 is 2.06 bits per heavy atom. The monoisotopic (exact) mass is 725 g/mol. The minimum Gasteiger partial charge on any atom is -0.461 e. The first-order chi connectivity index (χ1) is 25.9. The molecule has 0 saturated carbocycles. The van der Waals surface area contributed by atoms with Gasteiger partial charge in [0.2, 0.25) is 11.6 Å². The van der Waals surface area contributed by atoms with E-state index in [4.69, 9.17) is 20.4 Å². The minimum absolute atomic E-state index is 0.0892. The molecule has 2 fully saturated rings. The first-order valence-electron chi connectivity index (χ1n) is 18.7. The number of ketones is 2. The van der Waals surface area contributed by atoms with Gasteiger partial charge in [0.1, 0.15) is 0 Å². The third-order valence-electron chi connectivity index (χ3n) is 11.5. The summed E-state index contributed by atoms with van der Waals surface area (Å²) in [5, 5.41) is 2.97. The van der Waals surface area contributed by atoms with Crippen LogP contribution in [0.2, 0.25) is 0 Å². The lowest BCUT2D eigenvalue weighted by atomic mass is 9.88. The number of nitrogens with zero attached hydrogens (tertiary/aromatic N) is 3. The number of furan rings is 2. The topological polar surface area (TPSA) is 124 Å². The number of hydrogen-bond donors (Lipinski definition) is 2. The number of aromatic nitrogens is 1. The fraction of sp³-hybridized carbons (Fsp3) is 0.302. The average molecular weight is 726 g/mol. The first kappa shape index (κ1) is 33.7. The fourth-order valence-electron chi connectivity index (χ4n) is 8.79. The molecule has 0 spiro atoms. The van der Waals surface area contributed by atoms with E-state index >= 15 is 0 Å². The quantitative estimate of drug-likeness (QED) is 0.130. The van der Waals surface area contributed by atoms with Crippen molar-refractivity contribution < 1.29 is 18.4 Å². The number of anilines is 1. The van der Waals surface area contributed by atoms with Crippen LogP contribution in [0.5, 0.6) is 0 Å². The summed E-state index contributed by atoms with van der Waals surface area (Å²) < 4.78 is 13.3. The van der Waals surface area contributed by atoms with E-state index in [0.29, 0.717) is 34.7 Å². The maximum atomic E-state index is 12.7. The zero-order chi connectivity index (χ0) is 36.1. The molecule has 0 aliphatic carbocycles. The van der Waals surface area contributed by atoms with Crippen molar-refractivity contribution >= 4 is 60.0 Å². The third-order valence-corrected chi connectivity index (χ3v) is 12.5. The summed E-state index contributed by atoms with van der Waals surface area (Å²) in [5.74, 6) is 6.72. The van der Waals surface area contributed by atoms with E-state index in [0.717, 1.165) is 63.0 Å². The lowest BCUT2D eigenvalue weighted by molar-refractivity contribution is 0.100. The molecule has 270 valence electrons. The van der Waals surface area contributed by atoms with Gasteiger partial charge < -0.3 is 20.4 Å². The van der Waals surface area contributed by atoms with Gasteiger partial charge >= 0.3 is 0 Å². The molecule has 9 nitrogen and oxygen atoms in total. The van der Waals surface area contributed by atoms with Crippen molar-refractivity contribution in [1.29, 1.82) is 0 Å². The number of fused-ring (bicyclic) bond motifs is 4. The summed E-state index contributed by atoms with van der Waals surface area (Å²) in [5.41, 5.74) is 13.6. The van der Waals surface area contributed by atoms with Crippen LogP contribution in [0.3, 0.4) is 0 Å². The number of thiophene rings is 1. The SMILES string of the molecule is Nc1sc2ccc(C(=O)c3ccco3)cc2c1C1=CCN2CCCCC2C1.Nn1cc(C2=CCN3CCCC3C2)c2cc(C(=O)c3ccco3)ccc21. The number of rotatable bonds is 6. The Kier molecular flexibility index (Phi) is 8.89. The zero-order valence-corrected chi connectivity index (χ0v) is 30.4. The highest BCUT2D eigenvalue weighted by atomic mass is 32.1. The zero-order valence-electron chi connectivity index (χ0n) is 29.6. The van der Waals surface area contributed by atoms with Crippen molar-refractivity contribution in [3.05, 3.63) is 125 Å². The second-order valence-electron chi connectivity index (χ2n) is 14.6. The predicted octanol–water partition coefficient (Wildman–Crippen LogP) is 8.38. The van der Waals surface area contributed by atoms with Crippen molar-refractivity contribution in [3.8, 4) is 0 Å². The highest BCUT2D eigenvalue weighted by Crippen LogP contribution is 2.43. The lowest BCUT2D eigenvalue weighted by Gasteiger charge is -2.38. The molecule has 10 rings (SSSR count). The predicted molar refractivity (Wildman–Crippen MR) is 212 cm³/mol. The largest absolute Gasteiger partial charge is 0.461 e. The minimum atomic E-state index is -0.104. The number of benzene rings is 2. The number of hydrogen-bond acceptors (Lipinski definition) is 9. The molecule has 8 heterocycles. The fourth-order valence-corrected chi connectivity index (χ4v) is 9.78. The van der Waals surface area contributed by atoms with Crippen molar-refractivity contribution in [2.45, 2.75) is 57.0 Å². The smallest absolute Gasteiger partial charge is 0.228 e. The molecule has 2 saturated heterocycles. The van der Waals surface area contributed by atoms with E-state index in [1.165, 1.54) is 68.9 Å². The molecule has 4 aliphatic heterocycles. The maximum Gasteiger partial charge on any atom is 0.228 e. The van der Waals surface area contributed by atoms with Gasteiger partial charge in [0.15, 0.2) is 11.5 Å². The molecular weight excluding hydrogens is 683 g/mol. The molecule has 53 heavy (non-hydrogen) atoms. The molecule has 0 amide bonds. The molecular formula is C43H43N5O4S. The van der Waals surface area contributed by atoms with Gasteiger partial charge in [-0.3, -0.25) is 24.1 Å². The van der Waals surface area contributed by atoms with Gasteiger partial charge in [0, 0.05) is 69.1 Å². The van der Waals surface area contributed by atoms with Gasteiger partial charge in [-0.1, -0.05) is 18.6 Å². The molecule has 4 N–H and O–H groups in total. The van der Waals surface area contributed by atoms with Gasteiger partial charge in [-0.15, -0.1) is 11.3 Å². The number of nitrogens with two attached hydrogens (primary N) is 2. The standard InChI is InChI=1S/C22H22N2O2S.C21H21N3O2/c23-22-20(14-8-10-24-9-2-1-4-16(24)12-14)17-13-15(6-7-19(17)27-22)21(25)18-5-3-11-26-18;22-24-13-18(14-7-9-23-8-1-3-16(23)11-14)17-12-15(5-6-19(17)24)21(25)20-4-2-10-26-20/h3,5-8,11,13,16H,1-2,4,9-10,12,23H2;2,4-7,10,12-13,16H,1,3,8-9,11,22H2. The lowest BCUT2D eigenvalue weighted by Crippen LogP contribution is -2.41. The van der Waals surface area contributed by atoms with E-state index in [9.17, 15) is 9.59 Å². The Bertz CT molecular complexity index is 2380. The van der Waals surface area contributed by atoms with Gasteiger partial charge in [0.05, 0.1) is 23.0 Å². The molecule has 10 heteroatoms. The molecule has 4 aliphatic rings. The number of piperidine rings is 1. The number of carbonyl (C=O) groups is 2. The van der Waals surface area contributed by atoms with Crippen LogP contribution in [0.4, 0.5) is 5.00 Å². The van der Waals surface area contributed by atoms with E-state index in [1.54, 1.807) is 40.3 Å². The van der Waals surface area contributed by atoms with Crippen LogP contribution in [0, 0.1) is 0 Å². The second-order valence-corrected chi connectivity index (χ2v) is 15.7. The highest BCUT2D eigenvalue weighted by molar-refractivity contribution is 7.23. The van der Waals surface area contributed by atoms with Crippen LogP contribution in [0.15, 0.2) is 100 Å². The van der Waals surface area contributed by atoms with E-state index in [1.807, 2.05) is 42.6 Å². The second kappa shape index (κ2) is 14.0. The molecule has 2 unspecified atom stereocenters. The Morgan fingerprint density at radius 2 is 1.36 bits per heavy atom. The van der Waals surface area contributed by atoms with Gasteiger partial charge in [-0.2, -0.15) is 0 Å². The van der Waals surface area contributed by atoms with Gasteiger partial charge in [0.25, 0.3) is 0 Å². The Hall–Kier alpha value is -5.16. The van der Waals surface area contributed by atoms with Crippen LogP contribution >= 0.6 is 11.3 Å². The maximum absolute atomic E-state index is 12.7. The Labute approximate surface area is 312 Å². The third kappa shape index (κ3) is 6.34. The summed E-state index contributed by atoms with van der Waals surface area (Å²) in [6.45, 7) is 4.41. The number of nitrogen functional groups attached to an aromatic ring is 2. The van der Waals surface area contributed by atoms with E-state index in [2.05, 4.69) is 22.0 Å². The van der Waals surface area contributed by atoms with E-state index < -0.39 is 0 Å². The molecule has 6 aromatic rings. The highest BCUT2D eigenvalue weighted by Gasteiger charge is 2.30. The van der Waals surface area contributed by atoms with Crippen molar-refractivity contribution in [2.24, 2.45) is 0 Å². The van der Waals surface area contributed by atoms with Crippen molar-refractivity contribution in [3.63, 3.8) is 0 Å². The van der Waals surface area contributed by atoms with Crippen LogP contribution in [-0.2, 0) is 0 Å². The average Bonchev–Trinajstić information content (AvgIpc) is 4.05. The normalized spacial score (nSPS) is 20.4. The van der Waals surface area contributed by atoms with E-state index in [-0.39, 0.29) is 11.6 Å². The number of carbonyl (C=O) groups excluding carboxylic acids is 2. The van der Waals surface area contributed by atoms with Crippen molar-refractivity contribution in [1.82, 2.24) is 14.5 Å². The first-order valence-corrected chi connectivity index (χ1v) is 19.5. The summed E-state index contributed by atoms with van der Waals surface area (Å²) >= 11 is 1.61. The van der Waals surface area contributed by atoms with Crippen LogP contribution < -0.4 is 11.6 Å².